The van der Waals surface area contributed by atoms with Gasteiger partial charge in [-0.15, -0.1) is 0 Å². The fourth-order valence-electron chi connectivity index (χ4n) is 2.23. The zero-order valence-corrected chi connectivity index (χ0v) is 12.8. The summed E-state index contributed by atoms with van der Waals surface area (Å²) in [7, 11) is 0. The quantitative estimate of drug-likeness (QED) is 0.791. The van der Waals surface area contributed by atoms with Crippen molar-refractivity contribution in [3.05, 3.63) is 29.8 Å². The van der Waals surface area contributed by atoms with Crippen molar-refractivity contribution >= 4 is 11.8 Å². The van der Waals surface area contributed by atoms with Gasteiger partial charge in [-0.1, -0.05) is 0 Å². The van der Waals surface area contributed by atoms with Crippen molar-refractivity contribution < 1.29 is 19.1 Å². The Bertz CT molecular complexity index is 495. The molecule has 1 heterocycles. The minimum atomic E-state index is -0.282. The van der Waals surface area contributed by atoms with Gasteiger partial charge in [0.15, 0.2) is 0 Å². The minimum absolute atomic E-state index is 0.0429. The first-order chi connectivity index (χ1) is 10.7. The summed E-state index contributed by atoms with van der Waals surface area (Å²) >= 11 is 0. The fraction of sp³-hybridized carbons (Fsp3) is 0.500. The summed E-state index contributed by atoms with van der Waals surface area (Å²) in [5, 5.41) is 5.35. The summed E-state index contributed by atoms with van der Waals surface area (Å²) < 4.78 is 10.7. The summed E-state index contributed by atoms with van der Waals surface area (Å²) in [6, 6.07) is 6.81. The first-order valence-corrected chi connectivity index (χ1v) is 7.58. The number of amides is 2. The zero-order chi connectivity index (χ0) is 15.8. The Balaban J connectivity index is 1.70. The molecule has 6 nitrogen and oxygen atoms in total. The van der Waals surface area contributed by atoms with Crippen molar-refractivity contribution in [2.45, 2.75) is 25.9 Å². The van der Waals surface area contributed by atoms with Gasteiger partial charge in [0.25, 0.3) is 5.91 Å². The monoisotopic (exact) mass is 306 g/mol. The molecule has 0 spiro atoms. The lowest BCUT2D eigenvalue weighted by molar-refractivity contribution is -0.120. The Kier molecular flexibility index (Phi) is 6.21. The maximum Gasteiger partial charge on any atom is 0.251 e. The molecule has 1 aromatic carbocycles. The van der Waals surface area contributed by atoms with Crippen LogP contribution in [0.3, 0.4) is 0 Å². The molecule has 1 aliphatic heterocycles. The lowest BCUT2D eigenvalue weighted by Gasteiger charge is -2.11. The van der Waals surface area contributed by atoms with Crippen LogP contribution >= 0.6 is 0 Å². The number of hydrogen-bond acceptors (Lipinski definition) is 4. The molecule has 2 rings (SSSR count). The highest BCUT2D eigenvalue weighted by molar-refractivity contribution is 5.96. The summed E-state index contributed by atoms with van der Waals surface area (Å²) in [6.45, 7) is 3.69. The third-order valence-corrected chi connectivity index (χ3v) is 3.39. The van der Waals surface area contributed by atoms with E-state index in [0.717, 1.165) is 19.4 Å². The number of nitrogens with one attached hydrogen (secondary N) is 2. The van der Waals surface area contributed by atoms with Crippen LogP contribution in [0.1, 0.15) is 30.1 Å². The first-order valence-electron chi connectivity index (χ1n) is 7.58. The van der Waals surface area contributed by atoms with E-state index in [1.54, 1.807) is 24.3 Å². The van der Waals surface area contributed by atoms with Crippen molar-refractivity contribution in [2.24, 2.45) is 0 Å². The molecule has 120 valence electrons. The Hall–Kier alpha value is -2.08. The van der Waals surface area contributed by atoms with Crippen molar-refractivity contribution in [3.63, 3.8) is 0 Å². The van der Waals surface area contributed by atoms with Gasteiger partial charge in [-0.25, -0.2) is 0 Å². The molecular weight excluding hydrogens is 284 g/mol. The molecule has 1 unspecified atom stereocenters. The first kappa shape index (κ1) is 16.3. The van der Waals surface area contributed by atoms with Gasteiger partial charge in [0.1, 0.15) is 5.75 Å². The molecule has 1 aromatic rings. The molecule has 1 saturated heterocycles. The van der Waals surface area contributed by atoms with Crippen molar-refractivity contribution in [1.82, 2.24) is 10.6 Å². The normalized spacial score (nSPS) is 17.0. The van der Waals surface area contributed by atoms with Gasteiger partial charge in [0.05, 0.1) is 19.3 Å². The highest BCUT2D eigenvalue weighted by atomic mass is 16.5. The number of carbonyl (C=O) groups excluding carboxylic acids is 2. The van der Waals surface area contributed by atoms with Gasteiger partial charge < -0.3 is 20.1 Å². The van der Waals surface area contributed by atoms with Crippen LogP contribution in [0.5, 0.6) is 5.75 Å². The number of rotatable bonds is 7. The maximum absolute atomic E-state index is 11.9. The number of hydrogen-bond donors (Lipinski definition) is 2. The van der Waals surface area contributed by atoms with Gasteiger partial charge in [-0.3, -0.25) is 9.59 Å². The van der Waals surface area contributed by atoms with Gasteiger partial charge in [-0.2, -0.15) is 0 Å². The molecule has 6 heteroatoms. The molecular formula is C16H22N2O4. The van der Waals surface area contributed by atoms with Crippen LogP contribution in [0.15, 0.2) is 24.3 Å². The summed E-state index contributed by atoms with van der Waals surface area (Å²) in [6.07, 6.45) is 2.11. The van der Waals surface area contributed by atoms with Gasteiger partial charge >= 0.3 is 0 Å². The van der Waals surface area contributed by atoms with Crippen LogP contribution in [0.4, 0.5) is 0 Å². The molecule has 0 saturated carbocycles. The van der Waals surface area contributed by atoms with E-state index >= 15 is 0 Å². The van der Waals surface area contributed by atoms with Crippen molar-refractivity contribution in [1.29, 1.82) is 0 Å². The standard InChI is InChI=1S/C16H22N2O4/c1-2-21-13-7-5-12(6-8-13)16(20)18-11-15(19)17-10-14-4-3-9-22-14/h5-8,14H,2-4,9-11H2,1H3,(H,17,19)(H,18,20). The summed E-state index contributed by atoms with van der Waals surface area (Å²) in [5.41, 5.74) is 0.496. The minimum Gasteiger partial charge on any atom is -0.494 e. The lowest BCUT2D eigenvalue weighted by Crippen LogP contribution is -2.39. The lowest BCUT2D eigenvalue weighted by atomic mass is 10.2. The molecule has 0 bridgehead atoms. The summed E-state index contributed by atoms with van der Waals surface area (Å²) in [4.78, 5) is 23.6. The topological polar surface area (TPSA) is 76.7 Å². The van der Waals surface area contributed by atoms with E-state index in [2.05, 4.69) is 10.6 Å². The van der Waals surface area contributed by atoms with E-state index in [0.29, 0.717) is 24.5 Å². The van der Waals surface area contributed by atoms with Crippen LogP contribution in [-0.2, 0) is 9.53 Å². The molecule has 0 radical (unpaired) electrons. The predicted molar refractivity (Wildman–Crippen MR) is 81.9 cm³/mol. The average Bonchev–Trinajstić information content (AvgIpc) is 3.05. The Morgan fingerprint density at radius 3 is 2.68 bits per heavy atom. The molecule has 2 amide bonds. The van der Waals surface area contributed by atoms with Crippen LogP contribution in [0.25, 0.3) is 0 Å². The predicted octanol–water partition coefficient (Wildman–Crippen LogP) is 1.11. The molecule has 2 N–H and O–H groups in total. The second-order valence-corrected chi connectivity index (χ2v) is 5.08. The van der Waals surface area contributed by atoms with Gasteiger partial charge in [-0.05, 0) is 44.0 Å². The van der Waals surface area contributed by atoms with Gasteiger partial charge in [0, 0.05) is 18.7 Å². The molecule has 0 aliphatic carbocycles. The highest BCUT2D eigenvalue weighted by Crippen LogP contribution is 2.12. The molecule has 1 aliphatic rings. The van der Waals surface area contributed by atoms with E-state index in [1.807, 2.05) is 6.92 Å². The van der Waals surface area contributed by atoms with Crippen LogP contribution in [-0.4, -0.2) is 44.2 Å². The van der Waals surface area contributed by atoms with E-state index in [4.69, 9.17) is 9.47 Å². The van der Waals surface area contributed by atoms with E-state index in [-0.39, 0.29) is 24.5 Å². The fourth-order valence-corrected chi connectivity index (χ4v) is 2.23. The van der Waals surface area contributed by atoms with E-state index in [9.17, 15) is 9.59 Å². The Labute approximate surface area is 130 Å². The Morgan fingerprint density at radius 2 is 2.05 bits per heavy atom. The molecule has 0 aromatic heterocycles. The van der Waals surface area contributed by atoms with Crippen LogP contribution in [0.2, 0.25) is 0 Å². The van der Waals surface area contributed by atoms with Crippen molar-refractivity contribution in [2.75, 3.05) is 26.3 Å². The summed E-state index contributed by atoms with van der Waals surface area (Å²) in [5.74, 6) is 0.221. The Morgan fingerprint density at radius 1 is 1.27 bits per heavy atom. The number of ether oxygens (including phenoxy) is 2. The highest BCUT2D eigenvalue weighted by Gasteiger charge is 2.16. The second-order valence-electron chi connectivity index (χ2n) is 5.08. The molecule has 1 atom stereocenters. The van der Waals surface area contributed by atoms with E-state index < -0.39 is 0 Å². The largest absolute Gasteiger partial charge is 0.494 e. The number of benzene rings is 1. The van der Waals surface area contributed by atoms with Gasteiger partial charge in [0.2, 0.25) is 5.91 Å². The van der Waals surface area contributed by atoms with Crippen molar-refractivity contribution in [3.8, 4) is 5.75 Å². The zero-order valence-electron chi connectivity index (χ0n) is 12.8. The van der Waals surface area contributed by atoms with Crippen LogP contribution in [0, 0.1) is 0 Å². The average molecular weight is 306 g/mol. The maximum atomic E-state index is 11.9. The molecule has 1 fully saturated rings. The third kappa shape index (κ3) is 5.04. The smallest absolute Gasteiger partial charge is 0.251 e. The van der Waals surface area contributed by atoms with E-state index in [1.165, 1.54) is 0 Å². The second kappa shape index (κ2) is 8.38. The third-order valence-electron chi connectivity index (χ3n) is 3.39. The van der Waals surface area contributed by atoms with Crippen LogP contribution < -0.4 is 15.4 Å². The molecule has 22 heavy (non-hydrogen) atoms. The SMILES string of the molecule is CCOc1ccc(C(=O)NCC(=O)NCC2CCCO2)cc1. The number of carbonyl (C=O) groups is 2.